The third-order valence-electron chi connectivity index (χ3n) is 1.05. The van der Waals surface area contributed by atoms with Crippen LogP contribution in [0.15, 0.2) is 0 Å². The molecule has 0 saturated heterocycles. The number of rotatable bonds is 2. The monoisotopic (exact) mass is 104 g/mol. The maximum Gasteiger partial charge on any atom is 0.0799 e. The molecule has 44 valence electrons. The summed E-state index contributed by atoms with van der Waals surface area (Å²) >= 11 is 0. The molecule has 2 heteroatoms. The van der Waals surface area contributed by atoms with Gasteiger partial charge in [0.2, 0.25) is 0 Å². The molecule has 2 atom stereocenters. The first-order chi connectivity index (χ1) is 3.18. The first-order valence-electron chi connectivity index (χ1n) is 2.39. The molecule has 1 N–H and O–H groups in total. The molecule has 0 heterocycles. The number of hydrogen-bond donors (Lipinski definition) is 1. The lowest BCUT2D eigenvalue weighted by Gasteiger charge is -2.10. The minimum Gasteiger partial charge on any atom is -0.391 e. The van der Waals surface area contributed by atoms with Gasteiger partial charge in [-0.2, -0.15) is 0 Å². The van der Waals surface area contributed by atoms with Crippen LogP contribution in [0.5, 0.6) is 0 Å². The van der Waals surface area contributed by atoms with E-state index in [2.05, 4.69) is 0 Å². The van der Waals surface area contributed by atoms with E-state index in [1.165, 1.54) is 0 Å². The van der Waals surface area contributed by atoms with Gasteiger partial charge in [0.25, 0.3) is 0 Å². The van der Waals surface area contributed by atoms with Gasteiger partial charge in [0, 0.05) is 7.11 Å². The maximum atomic E-state index is 8.70. The van der Waals surface area contributed by atoms with Crippen molar-refractivity contribution in [3.63, 3.8) is 0 Å². The van der Waals surface area contributed by atoms with Crippen molar-refractivity contribution < 1.29 is 9.84 Å². The van der Waals surface area contributed by atoms with Crippen molar-refractivity contribution in [2.75, 3.05) is 7.11 Å². The first-order valence-corrected chi connectivity index (χ1v) is 2.39. The van der Waals surface area contributed by atoms with E-state index in [1.54, 1.807) is 14.0 Å². The highest BCUT2D eigenvalue weighted by Gasteiger charge is 2.03. The molecule has 0 aromatic carbocycles. The van der Waals surface area contributed by atoms with Gasteiger partial charge in [-0.25, -0.2) is 0 Å². The highest BCUT2D eigenvalue weighted by Crippen LogP contribution is 1.92. The van der Waals surface area contributed by atoms with E-state index in [4.69, 9.17) is 9.84 Å². The maximum absolute atomic E-state index is 8.70. The van der Waals surface area contributed by atoms with Crippen LogP contribution in [0.3, 0.4) is 0 Å². The third-order valence-corrected chi connectivity index (χ3v) is 1.05. The van der Waals surface area contributed by atoms with E-state index in [9.17, 15) is 0 Å². The lowest BCUT2D eigenvalue weighted by atomic mass is 10.3. The van der Waals surface area contributed by atoms with Crippen molar-refractivity contribution >= 4 is 0 Å². The molecule has 0 bridgehead atoms. The molecule has 7 heavy (non-hydrogen) atoms. The molecule has 2 nitrogen and oxygen atoms in total. The SMILES string of the molecule is COC(C)C(C)O. The highest BCUT2D eigenvalue weighted by molar-refractivity contribution is 4.53. The quantitative estimate of drug-likeness (QED) is 0.549. The van der Waals surface area contributed by atoms with Crippen molar-refractivity contribution in [2.45, 2.75) is 26.1 Å². The summed E-state index contributed by atoms with van der Waals surface area (Å²) in [5, 5.41) is 8.70. The Balaban J connectivity index is 3.14. The second-order valence-electron chi connectivity index (χ2n) is 1.68. The Morgan fingerprint density at radius 2 is 1.86 bits per heavy atom. The molecule has 0 aliphatic rings. The summed E-state index contributed by atoms with van der Waals surface area (Å²) in [6, 6.07) is 0. The summed E-state index contributed by atoms with van der Waals surface area (Å²) in [5.41, 5.74) is 0. The Bertz CT molecular complexity index is 43.3. The summed E-state index contributed by atoms with van der Waals surface area (Å²) in [7, 11) is 1.58. The smallest absolute Gasteiger partial charge is 0.0799 e. The zero-order valence-corrected chi connectivity index (χ0v) is 5.01. The molecule has 0 fully saturated rings. The predicted octanol–water partition coefficient (Wildman–Crippen LogP) is 0.402. The zero-order chi connectivity index (χ0) is 5.86. The minimum atomic E-state index is -0.356. The normalized spacial score (nSPS) is 18.9. The molecule has 0 aliphatic carbocycles. The van der Waals surface area contributed by atoms with Gasteiger partial charge in [0.1, 0.15) is 0 Å². The van der Waals surface area contributed by atoms with Gasteiger partial charge in [-0.15, -0.1) is 0 Å². The second kappa shape index (κ2) is 2.99. The molecule has 0 rings (SSSR count). The summed E-state index contributed by atoms with van der Waals surface area (Å²) < 4.78 is 4.76. The fraction of sp³-hybridized carbons (Fsp3) is 1.00. The largest absolute Gasteiger partial charge is 0.391 e. The van der Waals surface area contributed by atoms with E-state index in [1.807, 2.05) is 6.92 Å². The average Bonchev–Trinajstić information content (AvgIpc) is 1.65. The van der Waals surface area contributed by atoms with Gasteiger partial charge < -0.3 is 9.84 Å². The molecule has 0 amide bonds. The van der Waals surface area contributed by atoms with Crippen LogP contribution in [-0.2, 0) is 4.74 Å². The Morgan fingerprint density at radius 1 is 1.43 bits per heavy atom. The van der Waals surface area contributed by atoms with Crippen LogP contribution >= 0.6 is 0 Å². The van der Waals surface area contributed by atoms with Crippen molar-refractivity contribution in [2.24, 2.45) is 0 Å². The van der Waals surface area contributed by atoms with Crippen LogP contribution in [0.4, 0.5) is 0 Å². The van der Waals surface area contributed by atoms with E-state index < -0.39 is 0 Å². The van der Waals surface area contributed by atoms with Crippen molar-refractivity contribution in [1.82, 2.24) is 0 Å². The van der Waals surface area contributed by atoms with E-state index in [-0.39, 0.29) is 12.2 Å². The van der Waals surface area contributed by atoms with Crippen LogP contribution in [0.2, 0.25) is 0 Å². The molecule has 0 aliphatic heterocycles. The van der Waals surface area contributed by atoms with Gasteiger partial charge in [0.05, 0.1) is 12.2 Å². The Morgan fingerprint density at radius 3 is 1.86 bits per heavy atom. The third kappa shape index (κ3) is 2.60. The molecule has 0 radical (unpaired) electrons. The number of ether oxygens (including phenoxy) is 1. The first kappa shape index (κ1) is 6.92. The molecular formula is C5H12O2. The van der Waals surface area contributed by atoms with Crippen LogP contribution in [0.1, 0.15) is 13.8 Å². The minimum absolute atomic E-state index is 0.0417. The molecule has 0 aromatic heterocycles. The number of methoxy groups -OCH3 is 1. The molecule has 0 spiro atoms. The fourth-order valence-corrected chi connectivity index (χ4v) is 0.197. The lowest BCUT2D eigenvalue weighted by molar-refractivity contribution is 0.00997. The van der Waals surface area contributed by atoms with Crippen molar-refractivity contribution in [1.29, 1.82) is 0 Å². The van der Waals surface area contributed by atoms with E-state index in [0.29, 0.717) is 0 Å². The summed E-state index contributed by atoms with van der Waals surface area (Å²) in [6.07, 6.45) is -0.398. The summed E-state index contributed by atoms with van der Waals surface area (Å²) in [5.74, 6) is 0. The van der Waals surface area contributed by atoms with Gasteiger partial charge in [-0.3, -0.25) is 0 Å². The van der Waals surface area contributed by atoms with Crippen LogP contribution < -0.4 is 0 Å². The topological polar surface area (TPSA) is 29.5 Å². The fourth-order valence-electron chi connectivity index (χ4n) is 0.197. The van der Waals surface area contributed by atoms with Gasteiger partial charge in [-0.05, 0) is 13.8 Å². The molecular weight excluding hydrogens is 92.1 g/mol. The van der Waals surface area contributed by atoms with Gasteiger partial charge >= 0.3 is 0 Å². The molecule has 0 aromatic rings. The zero-order valence-electron chi connectivity index (χ0n) is 5.01. The second-order valence-corrected chi connectivity index (χ2v) is 1.68. The number of aliphatic hydroxyl groups is 1. The standard InChI is InChI=1S/C5H12O2/c1-4(6)5(2)7-3/h4-6H,1-3H3. The van der Waals surface area contributed by atoms with E-state index in [0.717, 1.165) is 0 Å². The number of aliphatic hydroxyl groups excluding tert-OH is 1. The molecule has 0 saturated carbocycles. The van der Waals surface area contributed by atoms with Crippen LogP contribution in [0.25, 0.3) is 0 Å². The predicted molar refractivity (Wildman–Crippen MR) is 28.2 cm³/mol. The van der Waals surface area contributed by atoms with Crippen LogP contribution in [-0.4, -0.2) is 24.4 Å². The lowest BCUT2D eigenvalue weighted by Crippen LogP contribution is -2.20. The summed E-state index contributed by atoms with van der Waals surface area (Å²) in [4.78, 5) is 0. The summed E-state index contributed by atoms with van der Waals surface area (Å²) in [6.45, 7) is 3.53. The Labute approximate surface area is 44.1 Å². The van der Waals surface area contributed by atoms with Gasteiger partial charge in [0.15, 0.2) is 0 Å². The van der Waals surface area contributed by atoms with Gasteiger partial charge in [-0.1, -0.05) is 0 Å². The van der Waals surface area contributed by atoms with Crippen molar-refractivity contribution in [3.8, 4) is 0 Å². The number of hydrogen-bond acceptors (Lipinski definition) is 2. The van der Waals surface area contributed by atoms with Crippen molar-refractivity contribution in [3.05, 3.63) is 0 Å². The molecule has 2 unspecified atom stereocenters. The average molecular weight is 104 g/mol. The van der Waals surface area contributed by atoms with E-state index >= 15 is 0 Å². The highest BCUT2D eigenvalue weighted by atomic mass is 16.5. The Hall–Kier alpha value is -0.0800. The Kier molecular flexibility index (Phi) is 2.96. The van der Waals surface area contributed by atoms with Crippen LogP contribution in [0, 0.1) is 0 Å².